The highest BCUT2D eigenvalue weighted by Gasteiger charge is 2.27. The van der Waals surface area contributed by atoms with E-state index in [1.807, 2.05) is 72.3 Å². The van der Waals surface area contributed by atoms with Gasteiger partial charge in [0.1, 0.15) is 0 Å². The Kier molecular flexibility index (Phi) is 5.14. The number of hydrogen-bond donors (Lipinski definition) is 1. The SMILES string of the molecule is COC(=O)[C@@H](C)[C@H](c1ccc(Nc2ccccc2)cc1)n1ccnc1. The Bertz CT molecular complexity index is 799. The van der Waals surface area contributed by atoms with Gasteiger partial charge in [0.05, 0.1) is 25.4 Å². The van der Waals surface area contributed by atoms with E-state index in [0.717, 1.165) is 16.9 Å². The number of para-hydroxylation sites is 1. The second-order valence-electron chi connectivity index (χ2n) is 5.88. The molecule has 0 radical (unpaired) electrons. The van der Waals surface area contributed by atoms with E-state index in [0.29, 0.717) is 0 Å². The molecule has 1 heterocycles. The van der Waals surface area contributed by atoms with Crippen molar-refractivity contribution in [2.45, 2.75) is 13.0 Å². The third-order valence-electron chi connectivity index (χ3n) is 4.21. The average molecular weight is 335 g/mol. The van der Waals surface area contributed by atoms with E-state index in [1.165, 1.54) is 7.11 Å². The highest BCUT2D eigenvalue weighted by molar-refractivity contribution is 5.73. The van der Waals surface area contributed by atoms with Gasteiger partial charge in [-0.3, -0.25) is 4.79 Å². The van der Waals surface area contributed by atoms with Gasteiger partial charge in [-0.25, -0.2) is 4.98 Å². The van der Waals surface area contributed by atoms with Crippen LogP contribution in [0.3, 0.4) is 0 Å². The minimum atomic E-state index is -0.327. The fourth-order valence-electron chi connectivity index (χ4n) is 2.92. The zero-order valence-corrected chi connectivity index (χ0v) is 14.3. The number of nitrogens with one attached hydrogen (secondary N) is 1. The minimum Gasteiger partial charge on any atom is -0.469 e. The number of ether oxygens (including phenoxy) is 1. The number of methoxy groups -OCH3 is 1. The van der Waals surface area contributed by atoms with Gasteiger partial charge in [-0.15, -0.1) is 0 Å². The Morgan fingerprint density at radius 1 is 1.08 bits per heavy atom. The smallest absolute Gasteiger partial charge is 0.310 e. The van der Waals surface area contributed by atoms with Crippen LogP contribution in [0.15, 0.2) is 73.3 Å². The molecule has 0 bridgehead atoms. The number of carbonyl (C=O) groups excluding carboxylic acids is 1. The molecular formula is C20H21N3O2. The molecule has 2 atom stereocenters. The second kappa shape index (κ2) is 7.66. The van der Waals surface area contributed by atoms with Crippen molar-refractivity contribution < 1.29 is 9.53 Å². The Hall–Kier alpha value is -3.08. The summed E-state index contributed by atoms with van der Waals surface area (Å²) in [6.07, 6.45) is 5.29. The predicted octanol–water partition coefficient (Wildman–Crippen LogP) is 4.03. The number of carbonyl (C=O) groups is 1. The van der Waals surface area contributed by atoms with Crippen LogP contribution >= 0.6 is 0 Å². The largest absolute Gasteiger partial charge is 0.469 e. The van der Waals surface area contributed by atoms with E-state index in [1.54, 1.807) is 12.5 Å². The number of esters is 1. The number of imidazole rings is 1. The lowest BCUT2D eigenvalue weighted by Gasteiger charge is -2.24. The molecule has 0 saturated heterocycles. The van der Waals surface area contributed by atoms with Crippen LogP contribution in [0.5, 0.6) is 0 Å². The number of hydrogen-bond acceptors (Lipinski definition) is 4. The van der Waals surface area contributed by atoms with E-state index in [-0.39, 0.29) is 17.9 Å². The fourth-order valence-corrected chi connectivity index (χ4v) is 2.92. The topological polar surface area (TPSA) is 56.1 Å². The summed E-state index contributed by atoms with van der Waals surface area (Å²) in [4.78, 5) is 16.2. The number of benzene rings is 2. The molecule has 0 amide bonds. The molecule has 1 aromatic heterocycles. The van der Waals surface area contributed by atoms with Crippen molar-refractivity contribution >= 4 is 17.3 Å². The van der Waals surface area contributed by atoms with Crippen molar-refractivity contribution in [3.8, 4) is 0 Å². The van der Waals surface area contributed by atoms with Crippen LogP contribution in [-0.4, -0.2) is 22.6 Å². The molecule has 0 aliphatic rings. The van der Waals surface area contributed by atoms with Crippen LogP contribution in [0.2, 0.25) is 0 Å². The van der Waals surface area contributed by atoms with Crippen molar-refractivity contribution in [2.75, 3.05) is 12.4 Å². The Morgan fingerprint density at radius 3 is 2.36 bits per heavy atom. The van der Waals surface area contributed by atoms with Crippen LogP contribution < -0.4 is 5.32 Å². The average Bonchev–Trinajstić information content (AvgIpc) is 3.17. The predicted molar refractivity (Wildman–Crippen MR) is 97.7 cm³/mol. The molecule has 0 aliphatic heterocycles. The molecule has 5 nitrogen and oxygen atoms in total. The third kappa shape index (κ3) is 3.88. The van der Waals surface area contributed by atoms with Crippen molar-refractivity contribution in [1.82, 2.24) is 9.55 Å². The number of nitrogens with zero attached hydrogens (tertiary/aromatic N) is 2. The molecule has 5 heteroatoms. The van der Waals surface area contributed by atoms with E-state index < -0.39 is 0 Å². The molecule has 0 saturated carbocycles. The highest BCUT2D eigenvalue weighted by atomic mass is 16.5. The molecule has 3 aromatic rings. The summed E-state index contributed by atoms with van der Waals surface area (Å²) in [5.74, 6) is -0.572. The van der Waals surface area contributed by atoms with Gasteiger partial charge in [-0.2, -0.15) is 0 Å². The summed E-state index contributed by atoms with van der Waals surface area (Å²) >= 11 is 0. The number of anilines is 2. The van der Waals surface area contributed by atoms with Crippen molar-refractivity contribution in [3.05, 3.63) is 78.9 Å². The Labute approximate surface area is 147 Å². The first-order valence-electron chi connectivity index (χ1n) is 8.16. The lowest BCUT2D eigenvalue weighted by molar-refractivity contribution is -0.145. The molecule has 2 aromatic carbocycles. The third-order valence-corrected chi connectivity index (χ3v) is 4.21. The van der Waals surface area contributed by atoms with Gasteiger partial charge in [0, 0.05) is 23.8 Å². The van der Waals surface area contributed by atoms with Crippen LogP contribution in [0.1, 0.15) is 18.5 Å². The standard InChI is InChI=1S/C20H21N3O2/c1-15(20(24)25-2)19(23-13-12-21-14-23)16-8-10-18(11-9-16)22-17-6-4-3-5-7-17/h3-15,19,22H,1-2H3/t15-,19+/m0/s1. The summed E-state index contributed by atoms with van der Waals surface area (Å²) in [6.45, 7) is 1.87. The maximum atomic E-state index is 12.1. The van der Waals surface area contributed by atoms with Gasteiger partial charge in [-0.05, 0) is 36.8 Å². The maximum absolute atomic E-state index is 12.1. The molecule has 0 spiro atoms. The van der Waals surface area contributed by atoms with Crippen LogP contribution in [0.25, 0.3) is 0 Å². The van der Waals surface area contributed by atoms with Gasteiger partial charge in [0.25, 0.3) is 0 Å². The summed E-state index contributed by atoms with van der Waals surface area (Å²) in [5, 5.41) is 3.36. The molecule has 0 fully saturated rings. The van der Waals surface area contributed by atoms with Crippen LogP contribution in [-0.2, 0) is 9.53 Å². The van der Waals surface area contributed by atoms with Crippen LogP contribution in [0.4, 0.5) is 11.4 Å². The maximum Gasteiger partial charge on any atom is 0.310 e. The van der Waals surface area contributed by atoms with E-state index >= 15 is 0 Å². The first kappa shape index (κ1) is 16.8. The van der Waals surface area contributed by atoms with E-state index in [4.69, 9.17) is 4.74 Å². The second-order valence-corrected chi connectivity index (χ2v) is 5.88. The van der Waals surface area contributed by atoms with Crippen molar-refractivity contribution in [1.29, 1.82) is 0 Å². The fraction of sp³-hybridized carbons (Fsp3) is 0.200. The van der Waals surface area contributed by atoms with E-state index in [2.05, 4.69) is 10.3 Å². The van der Waals surface area contributed by atoms with Gasteiger partial charge in [0.15, 0.2) is 0 Å². The number of aromatic nitrogens is 2. The van der Waals surface area contributed by atoms with E-state index in [9.17, 15) is 4.79 Å². The van der Waals surface area contributed by atoms with Crippen molar-refractivity contribution in [2.24, 2.45) is 5.92 Å². The first-order valence-corrected chi connectivity index (χ1v) is 8.16. The lowest BCUT2D eigenvalue weighted by Crippen LogP contribution is -2.25. The van der Waals surface area contributed by atoms with Crippen molar-refractivity contribution in [3.63, 3.8) is 0 Å². The van der Waals surface area contributed by atoms with Gasteiger partial charge in [0.2, 0.25) is 0 Å². The first-order chi connectivity index (χ1) is 12.2. The van der Waals surface area contributed by atoms with Crippen LogP contribution in [0, 0.1) is 5.92 Å². The molecule has 1 N–H and O–H groups in total. The molecule has 0 aliphatic carbocycles. The summed E-state index contributed by atoms with van der Waals surface area (Å²) < 4.78 is 6.86. The van der Waals surface area contributed by atoms with Gasteiger partial charge < -0.3 is 14.6 Å². The zero-order valence-electron chi connectivity index (χ0n) is 14.3. The molecule has 0 unspecified atom stereocenters. The summed E-state index contributed by atoms with van der Waals surface area (Å²) in [5.41, 5.74) is 3.05. The summed E-state index contributed by atoms with van der Waals surface area (Å²) in [6, 6.07) is 17.9. The minimum absolute atomic E-state index is 0.166. The molecule has 3 rings (SSSR count). The highest BCUT2D eigenvalue weighted by Crippen LogP contribution is 2.29. The number of rotatable bonds is 6. The normalized spacial score (nSPS) is 13.0. The monoisotopic (exact) mass is 335 g/mol. The lowest BCUT2D eigenvalue weighted by atomic mass is 9.94. The molecular weight excluding hydrogens is 314 g/mol. The zero-order chi connectivity index (χ0) is 17.6. The Morgan fingerprint density at radius 2 is 1.76 bits per heavy atom. The molecule has 128 valence electrons. The van der Waals surface area contributed by atoms with Gasteiger partial charge in [-0.1, -0.05) is 30.3 Å². The van der Waals surface area contributed by atoms with Gasteiger partial charge >= 0.3 is 5.97 Å². The molecule has 25 heavy (non-hydrogen) atoms. The Balaban J connectivity index is 1.85. The summed E-state index contributed by atoms with van der Waals surface area (Å²) in [7, 11) is 1.41. The quantitative estimate of drug-likeness (QED) is 0.691.